The highest BCUT2D eigenvalue weighted by atomic mass is 32.2. The molecule has 114 valence electrons. The highest BCUT2D eigenvalue weighted by Crippen LogP contribution is 2.21. The Morgan fingerprint density at radius 2 is 2.00 bits per heavy atom. The number of aryl methyl sites for hydroxylation is 2. The maximum atomic E-state index is 11.6. The van der Waals surface area contributed by atoms with Gasteiger partial charge in [-0.3, -0.25) is 0 Å². The largest absolute Gasteiger partial charge is 0.379 e. The molecule has 0 aliphatic carbocycles. The number of hydrogen-bond acceptors (Lipinski definition) is 3. The zero-order valence-electron chi connectivity index (χ0n) is 12.8. The van der Waals surface area contributed by atoms with E-state index in [1.807, 2.05) is 19.1 Å². The molecule has 0 aliphatic heterocycles. The standard InChI is InChI=1S/C16H22N2O2S/c1-4-9-18-10-5-6-14(18)12-17-16-11-15(21(3,19)20)8-7-13(16)2/h5-8,10-11,17H,4,9,12H2,1-3H3. The highest BCUT2D eigenvalue weighted by molar-refractivity contribution is 7.90. The number of nitrogens with one attached hydrogen (secondary N) is 1. The smallest absolute Gasteiger partial charge is 0.175 e. The van der Waals surface area contributed by atoms with Crippen LogP contribution in [-0.4, -0.2) is 19.2 Å². The molecular formula is C16H22N2O2S. The molecule has 0 unspecified atom stereocenters. The van der Waals surface area contributed by atoms with Crippen LogP contribution < -0.4 is 5.32 Å². The van der Waals surface area contributed by atoms with E-state index in [0.29, 0.717) is 11.4 Å². The van der Waals surface area contributed by atoms with Crippen molar-refractivity contribution in [1.29, 1.82) is 0 Å². The summed E-state index contributed by atoms with van der Waals surface area (Å²) in [7, 11) is -3.18. The van der Waals surface area contributed by atoms with Gasteiger partial charge in [-0.2, -0.15) is 0 Å². The van der Waals surface area contributed by atoms with Crippen LogP contribution in [0.2, 0.25) is 0 Å². The number of anilines is 1. The molecule has 0 aliphatic rings. The van der Waals surface area contributed by atoms with Crippen LogP contribution in [0.5, 0.6) is 0 Å². The van der Waals surface area contributed by atoms with E-state index in [1.54, 1.807) is 12.1 Å². The first-order chi connectivity index (χ1) is 9.91. The van der Waals surface area contributed by atoms with Gasteiger partial charge in [0.05, 0.1) is 11.4 Å². The molecule has 0 spiro atoms. The quantitative estimate of drug-likeness (QED) is 0.891. The molecule has 1 heterocycles. The van der Waals surface area contributed by atoms with Crippen LogP contribution in [0.3, 0.4) is 0 Å². The molecule has 2 rings (SSSR count). The number of rotatable bonds is 6. The summed E-state index contributed by atoms with van der Waals surface area (Å²) in [6.07, 6.45) is 4.39. The summed E-state index contributed by atoms with van der Waals surface area (Å²) >= 11 is 0. The van der Waals surface area contributed by atoms with E-state index >= 15 is 0 Å². The van der Waals surface area contributed by atoms with Crippen molar-refractivity contribution >= 4 is 15.5 Å². The fourth-order valence-corrected chi connectivity index (χ4v) is 2.92. The molecule has 1 aromatic carbocycles. The van der Waals surface area contributed by atoms with Gasteiger partial charge in [0.15, 0.2) is 9.84 Å². The van der Waals surface area contributed by atoms with Crippen molar-refractivity contribution in [3.8, 4) is 0 Å². The molecule has 1 N–H and O–H groups in total. The minimum Gasteiger partial charge on any atom is -0.379 e. The number of nitrogens with zero attached hydrogens (tertiary/aromatic N) is 1. The topological polar surface area (TPSA) is 51.1 Å². The Morgan fingerprint density at radius 1 is 1.24 bits per heavy atom. The van der Waals surface area contributed by atoms with Crippen LogP contribution in [-0.2, 0) is 22.9 Å². The Labute approximate surface area is 126 Å². The van der Waals surface area contributed by atoms with Gasteiger partial charge >= 0.3 is 0 Å². The van der Waals surface area contributed by atoms with E-state index in [1.165, 1.54) is 11.9 Å². The van der Waals surface area contributed by atoms with Gasteiger partial charge in [0.2, 0.25) is 0 Å². The minimum atomic E-state index is -3.18. The third-order valence-electron chi connectivity index (χ3n) is 3.49. The maximum Gasteiger partial charge on any atom is 0.175 e. The summed E-state index contributed by atoms with van der Waals surface area (Å²) in [5, 5.41) is 3.34. The van der Waals surface area contributed by atoms with Crippen LogP contribution in [0.1, 0.15) is 24.6 Å². The second-order valence-corrected chi connectivity index (χ2v) is 7.31. The SMILES string of the molecule is CCCn1cccc1CNc1cc(S(C)(=O)=O)ccc1C. The zero-order chi connectivity index (χ0) is 15.5. The predicted octanol–water partition coefficient (Wildman–Crippen LogP) is 3.22. The Kier molecular flexibility index (Phi) is 4.73. The molecule has 2 aromatic rings. The zero-order valence-corrected chi connectivity index (χ0v) is 13.6. The molecule has 5 heteroatoms. The van der Waals surface area contributed by atoms with Crippen LogP contribution in [0.15, 0.2) is 41.4 Å². The molecular weight excluding hydrogens is 284 g/mol. The van der Waals surface area contributed by atoms with Gasteiger partial charge in [-0.15, -0.1) is 0 Å². The Morgan fingerprint density at radius 3 is 2.67 bits per heavy atom. The first kappa shape index (κ1) is 15.6. The van der Waals surface area contributed by atoms with Crippen molar-refractivity contribution in [1.82, 2.24) is 4.57 Å². The number of aromatic nitrogens is 1. The molecule has 0 bridgehead atoms. The Bertz CT molecular complexity index is 718. The van der Waals surface area contributed by atoms with Crippen LogP contribution in [0.4, 0.5) is 5.69 Å². The summed E-state index contributed by atoms with van der Waals surface area (Å²) in [4.78, 5) is 0.347. The lowest BCUT2D eigenvalue weighted by molar-refractivity contribution is 0.602. The van der Waals surface area contributed by atoms with Gasteiger partial charge in [-0.05, 0) is 43.2 Å². The lowest BCUT2D eigenvalue weighted by Gasteiger charge is -2.13. The summed E-state index contributed by atoms with van der Waals surface area (Å²) in [5.74, 6) is 0. The monoisotopic (exact) mass is 306 g/mol. The van der Waals surface area contributed by atoms with Crippen molar-refractivity contribution < 1.29 is 8.42 Å². The normalized spacial score (nSPS) is 11.6. The predicted molar refractivity (Wildman–Crippen MR) is 86.3 cm³/mol. The van der Waals surface area contributed by atoms with Gasteiger partial charge in [-0.1, -0.05) is 13.0 Å². The van der Waals surface area contributed by atoms with Gasteiger partial charge < -0.3 is 9.88 Å². The third kappa shape index (κ3) is 3.88. The first-order valence-corrected chi connectivity index (χ1v) is 8.99. The second-order valence-electron chi connectivity index (χ2n) is 5.30. The van der Waals surface area contributed by atoms with E-state index in [-0.39, 0.29) is 0 Å². The van der Waals surface area contributed by atoms with E-state index < -0.39 is 9.84 Å². The lowest BCUT2D eigenvalue weighted by atomic mass is 10.2. The number of sulfone groups is 1. The van der Waals surface area contributed by atoms with Crippen molar-refractivity contribution in [2.45, 2.75) is 38.3 Å². The molecule has 4 nitrogen and oxygen atoms in total. The van der Waals surface area contributed by atoms with Gasteiger partial charge in [-0.25, -0.2) is 8.42 Å². The highest BCUT2D eigenvalue weighted by Gasteiger charge is 2.09. The van der Waals surface area contributed by atoms with Gasteiger partial charge in [0.1, 0.15) is 0 Å². The summed E-state index contributed by atoms with van der Waals surface area (Å²) < 4.78 is 25.5. The van der Waals surface area contributed by atoms with Crippen LogP contribution in [0.25, 0.3) is 0 Å². The van der Waals surface area contributed by atoms with E-state index in [0.717, 1.165) is 24.2 Å². The number of hydrogen-bond donors (Lipinski definition) is 1. The summed E-state index contributed by atoms with van der Waals surface area (Å²) in [6, 6.07) is 9.31. The molecule has 0 saturated heterocycles. The summed E-state index contributed by atoms with van der Waals surface area (Å²) in [5.41, 5.74) is 3.10. The second kappa shape index (κ2) is 6.35. The molecule has 1 aromatic heterocycles. The lowest BCUT2D eigenvalue weighted by Crippen LogP contribution is -2.08. The van der Waals surface area contributed by atoms with Crippen molar-refractivity contribution in [2.24, 2.45) is 0 Å². The first-order valence-electron chi connectivity index (χ1n) is 7.10. The van der Waals surface area contributed by atoms with E-state index in [9.17, 15) is 8.42 Å². The van der Waals surface area contributed by atoms with Crippen LogP contribution >= 0.6 is 0 Å². The molecule has 0 amide bonds. The third-order valence-corrected chi connectivity index (χ3v) is 4.60. The average molecular weight is 306 g/mol. The fraction of sp³-hybridized carbons (Fsp3) is 0.375. The Balaban J connectivity index is 2.18. The molecule has 0 fully saturated rings. The van der Waals surface area contributed by atoms with Gasteiger partial charge in [0, 0.05) is 30.4 Å². The summed E-state index contributed by atoms with van der Waals surface area (Å²) in [6.45, 7) is 5.80. The van der Waals surface area contributed by atoms with E-state index in [4.69, 9.17) is 0 Å². The molecule has 0 atom stereocenters. The van der Waals surface area contributed by atoms with Crippen molar-refractivity contribution in [3.63, 3.8) is 0 Å². The van der Waals surface area contributed by atoms with Gasteiger partial charge in [0.25, 0.3) is 0 Å². The van der Waals surface area contributed by atoms with Crippen molar-refractivity contribution in [3.05, 3.63) is 47.8 Å². The van der Waals surface area contributed by atoms with Crippen molar-refractivity contribution in [2.75, 3.05) is 11.6 Å². The van der Waals surface area contributed by atoms with Crippen LogP contribution in [0, 0.1) is 6.92 Å². The molecule has 0 radical (unpaired) electrons. The maximum absolute atomic E-state index is 11.6. The fourth-order valence-electron chi connectivity index (χ4n) is 2.28. The average Bonchev–Trinajstić information content (AvgIpc) is 2.84. The Hall–Kier alpha value is -1.75. The number of benzene rings is 1. The molecule has 0 saturated carbocycles. The molecule has 21 heavy (non-hydrogen) atoms. The minimum absolute atomic E-state index is 0.347. The van der Waals surface area contributed by atoms with E-state index in [2.05, 4.69) is 29.1 Å².